The van der Waals surface area contributed by atoms with Crippen LogP contribution in [0.2, 0.25) is 0 Å². The van der Waals surface area contributed by atoms with Crippen molar-refractivity contribution in [2.75, 3.05) is 6.61 Å². The van der Waals surface area contributed by atoms with Crippen molar-refractivity contribution in [2.24, 2.45) is 0 Å². The van der Waals surface area contributed by atoms with Gasteiger partial charge < -0.3 is 9.47 Å². The quantitative estimate of drug-likeness (QED) is 0.408. The number of esters is 2. The summed E-state index contributed by atoms with van der Waals surface area (Å²) >= 11 is 0. The number of carbonyl (C=O) groups is 2. The van der Waals surface area contributed by atoms with E-state index in [9.17, 15) is 9.59 Å². The Bertz CT molecular complexity index is 324. The minimum Gasteiger partial charge on any atom is -0.458 e. The number of ether oxygens (including phenoxy) is 2. The first-order chi connectivity index (χ1) is 7.61. The van der Waals surface area contributed by atoms with Crippen molar-refractivity contribution in [3.05, 3.63) is 36.1 Å². The molecule has 0 unspecified atom stereocenters. The van der Waals surface area contributed by atoms with Crippen molar-refractivity contribution in [1.29, 1.82) is 0 Å². The zero-order valence-electron chi connectivity index (χ0n) is 9.73. The smallest absolute Gasteiger partial charge is 0.338 e. The maximum Gasteiger partial charge on any atom is 0.338 e. The van der Waals surface area contributed by atoms with Crippen LogP contribution in [-0.4, -0.2) is 18.5 Å². The lowest BCUT2D eigenvalue weighted by Crippen LogP contribution is -2.05. The Hall–Kier alpha value is -1.84. The van der Waals surface area contributed by atoms with Gasteiger partial charge in [-0.25, -0.2) is 9.59 Å². The van der Waals surface area contributed by atoms with Crippen LogP contribution in [0.25, 0.3) is 0 Å². The fraction of sp³-hybridized carbons (Fsp3) is 0.333. The van der Waals surface area contributed by atoms with E-state index in [1.54, 1.807) is 32.9 Å². The average molecular weight is 224 g/mol. The third-order valence-corrected chi connectivity index (χ3v) is 1.55. The molecule has 0 aliphatic rings. The Kier molecular flexibility index (Phi) is 7.49. The zero-order chi connectivity index (χ0) is 12.4. The molecule has 0 fully saturated rings. The minimum atomic E-state index is -0.458. The summed E-state index contributed by atoms with van der Waals surface area (Å²) in [7, 11) is 0. The molecule has 0 radical (unpaired) electrons. The third kappa shape index (κ3) is 6.59. The van der Waals surface area contributed by atoms with E-state index < -0.39 is 11.9 Å². The molecule has 0 heterocycles. The summed E-state index contributed by atoms with van der Waals surface area (Å²) in [5, 5.41) is 0. The monoisotopic (exact) mass is 224 g/mol. The standard InChI is InChI=1S/C12H16O4/c1-4-6-11(13)15-9-7-10(3)12(14)16-8-5-2/h4-8H,9H2,1-3H3. The Morgan fingerprint density at radius 2 is 1.88 bits per heavy atom. The van der Waals surface area contributed by atoms with Crippen molar-refractivity contribution in [3.8, 4) is 0 Å². The summed E-state index contributed by atoms with van der Waals surface area (Å²) in [5.74, 6) is -0.895. The lowest BCUT2D eigenvalue weighted by Gasteiger charge is -2.00. The van der Waals surface area contributed by atoms with Crippen molar-refractivity contribution in [2.45, 2.75) is 20.8 Å². The van der Waals surface area contributed by atoms with Gasteiger partial charge in [0.2, 0.25) is 0 Å². The topological polar surface area (TPSA) is 52.6 Å². The summed E-state index contributed by atoms with van der Waals surface area (Å²) in [5.41, 5.74) is 0.395. The van der Waals surface area contributed by atoms with E-state index in [1.807, 2.05) is 0 Å². The van der Waals surface area contributed by atoms with Crippen molar-refractivity contribution in [3.63, 3.8) is 0 Å². The molecule has 0 saturated carbocycles. The number of rotatable bonds is 5. The van der Waals surface area contributed by atoms with Gasteiger partial charge >= 0.3 is 11.9 Å². The van der Waals surface area contributed by atoms with E-state index >= 15 is 0 Å². The van der Waals surface area contributed by atoms with Gasteiger partial charge in [0.25, 0.3) is 0 Å². The van der Waals surface area contributed by atoms with Crippen molar-refractivity contribution in [1.82, 2.24) is 0 Å². The fourth-order valence-electron chi connectivity index (χ4n) is 0.739. The first-order valence-corrected chi connectivity index (χ1v) is 4.90. The molecule has 0 rings (SSSR count). The molecule has 0 atom stereocenters. The molecule has 0 aliphatic carbocycles. The molecule has 0 amide bonds. The van der Waals surface area contributed by atoms with Crippen LogP contribution in [0.5, 0.6) is 0 Å². The first-order valence-electron chi connectivity index (χ1n) is 4.90. The average Bonchev–Trinajstić information content (AvgIpc) is 2.26. The van der Waals surface area contributed by atoms with Gasteiger partial charge in [-0.05, 0) is 26.8 Å². The highest BCUT2D eigenvalue weighted by molar-refractivity contribution is 5.88. The van der Waals surface area contributed by atoms with Gasteiger partial charge in [-0.15, -0.1) is 0 Å². The third-order valence-electron chi connectivity index (χ3n) is 1.55. The molecule has 0 aliphatic heterocycles. The second-order valence-corrected chi connectivity index (χ2v) is 2.89. The van der Waals surface area contributed by atoms with Gasteiger partial charge in [0, 0.05) is 11.6 Å². The van der Waals surface area contributed by atoms with Crippen LogP contribution < -0.4 is 0 Å². The highest BCUT2D eigenvalue weighted by Gasteiger charge is 2.03. The molecule has 0 bridgehead atoms. The number of hydrogen-bond donors (Lipinski definition) is 0. The molecule has 16 heavy (non-hydrogen) atoms. The summed E-state index contributed by atoms with van der Waals surface area (Å²) in [6.07, 6.45) is 7.29. The Morgan fingerprint density at radius 1 is 1.19 bits per heavy atom. The molecule has 0 saturated heterocycles. The fourth-order valence-corrected chi connectivity index (χ4v) is 0.739. The molecule has 4 nitrogen and oxygen atoms in total. The van der Waals surface area contributed by atoms with Crippen LogP contribution in [-0.2, 0) is 19.1 Å². The van der Waals surface area contributed by atoms with E-state index in [1.165, 1.54) is 18.4 Å². The van der Waals surface area contributed by atoms with Gasteiger partial charge in [-0.3, -0.25) is 0 Å². The van der Waals surface area contributed by atoms with Crippen LogP contribution in [0.15, 0.2) is 36.1 Å². The largest absolute Gasteiger partial charge is 0.458 e. The van der Waals surface area contributed by atoms with Crippen LogP contribution in [0, 0.1) is 0 Å². The van der Waals surface area contributed by atoms with Crippen LogP contribution in [0.1, 0.15) is 20.8 Å². The van der Waals surface area contributed by atoms with Gasteiger partial charge in [0.15, 0.2) is 0 Å². The molecule has 0 aromatic rings. The predicted octanol–water partition coefficient (Wildman–Crippen LogP) is 2.13. The van der Waals surface area contributed by atoms with Crippen LogP contribution >= 0.6 is 0 Å². The van der Waals surface area contributed by atoms with Gasteiger partial charge in [0.1, 0.15) is 6.61 Å². The normalized spacial score (nSPS) is 12.1. The van der Waals surface area contributed by atoms with Gasteiger partial charge in [-0.1, -0.05) is 12.2 Å². The molecule has 0 aromatic heterocycles. The lowest BCUT2D eigenvalue weighted by atomic mass is 10.3. The summed E-state index contributed by atoms with van der Waals surface area (Å²) in [6.45, 7) is 5.11. The summed E-state index contributed by atoms with van der Waals surface area (Å²) < 4.78 is 9.50. The summed E-state index contributed by atoms with van der Waals surface area (Å²) in [4.78, 5) is 22.1. The Labute approximate surface area is 95.2 Å². The maximum absolute atomic E-state index is 11.2. The number of allylic oxidation sites excluding steroid dienone is 2. The minimum absolute atomic E-state index is 0.0555. The van der Waals surface area contributed by atoms with E-state index in [0.29, 0.717) is 5.57 Å². The molecule has 0 spiro atoms. The summed E-state index contributed by atoms with van der Waals surface area (Å²) in [6, 6.07) is 0. The van der Waals surface area contributed by atoms with E-state index in [0.717, 1.165) is 0 Å². The highest BCUT2D eigenvalue weighted by Crippen LogP contribution is 1.97. The van der Waals surface area contributed by atoms with E-state index in [4.69, 9.17) is 9.47 Å². The number of hydrogen-bond acceptors (Lipinski definition) is 4. The second-order valence-electron chi connectivity index (χ2n) is 2.89. The van der Waals surface area contributed by atoms with Crippen molar-refractivity contribution < 1.29 is 19.1 Å². The molecular formula is C12H16O4. The predicted molar refractivity (Wildman–Crippen MR) is 60.4 cm³/mol. The molecule has 88 valence electrons. The van der Waals surface area contributed by atoms with E-state index in [-0.39, 0.29) is 6.61 Å². The highest BCUT2D eigenvalue weighted by atomic mass is 16.5. The lowest BCUT2D eigenvalue weighted by molar-refractivity contribution is -0.137. The second kappa shape index (κ2) is 8.47. The van der Waals surface area contributed by atoms with Crippen LogP contribution in [0.3, 0.4) is 0 Å². The maximum atomic E-state index is 11.2. The zero-order valence-corrected chi connectivity index (χ0v) is 9.73. The molecule has 4 heteroatoms. The molecule has 0 aromatic carbocycles. The SMILES string of the molecule is CC=COC(=O)C(C)=CCOC(=O)C=CC. The molecular weight excluding hydrogens is 208 g/mol. The van der Waals surface area contributed by atoms with E-state index in [2.05, 4.69) is 0 Å². The Morgan fingerprint density at radius 3 is 2.44 bits per heavy atom. The Balaban J connectivity index is 4.04. The molecule has 0 N–H and O–H groups in total. The van der Waals surface area contributed by atoms with Crippen LogP contribution in [0.4, 0.5) is 0 Å². The number of carbonyl (C=O) groups excluding carboxylic acids is 2. The van der Waals surface area contributed by atoms with Gasteiger partial charge in [-0.2, -0.15) is 0 Å². The van der Waals surface area contributed by atoms with Gasteiger partial charge in [0.05, 0.1) is 6.26 Å². The van der Waals surface area contributed by atoms with Crippen molar-refractivity contribution >= 4 is 11.9 Å². The first kappa shape index (κ1) is 14.2.